The van der Waals surface area contributed by atoms with Gasteiger partial charge in [-0.2, -0.15) is 0 Å². The van der Waals surface area contributed by atoms with E-state index in [1.165, 1.54) is 22.1 Å². The van der Waals surface area contributed by atoms with Gasteiger partial charge in [0.1, 0.15) is 5.82 Å². The van der Waals surface area contributed by atoms with Gasteiger partial charge in [-0.15, -0.1) is 11.3 Å². The minimum absolute atomic E-state index is 0.175. The average molecular weight is 263 g/mol. The van der Waals surface area contributed by atoms with E-state index in [1.54, 1.807) is 23.5 Å². The smallest absolute Gasteiger partial charge is 0.123 e. The van der Waals surface area contributed by atoms with E-state index in [9.17, 15) is 4.39 Å². The molecule has 0 radical (unpaired) electrons. The van der Waals surface area contributed by atoms with Crippen LogP contribution in [-0.4, -0.2) is 6.54 Å². The molecule has 0 spiro atoms. The van der Waals surface area contributed by atoms with Crippen LogP contribution in [0.1, 0.15) is 23.8 Å². The fourth-order valence-electron chi connectivity index (χ4n) is 2.07. The Bertz CT molecular complexity index is 519. The predicted octanol–water partition coefficient (Wildman–Crippen LogP) is 4.36. The fraction of sp³-hybridized carbons (Fsp3) is 0.333. The molecule has 0 aliphatic heterocycles. The Labute approximate surface area is 112 Å². The van der Waals surface area contributed by atoms with Crippen LogP contribution in [0.4, 0.5) is 4.39 Å². The number of hydrogen-bond donors (Lipinski definition) is 1. The summed E-state index contributed by atoms with van der Waals surface area (Å²) in [5.74, 6) is -0.175. The number of rotatable bonds is 5. The first kappa shape index (κ1) is 13.2. The summed E-state index contributed by atoms with van der Waals surface area (Å²) in [7, 11) is 0. The van der Waals surface area contributed by atoms with Gasteiger partial charge >= 0.3 is 0 Å². The zero-order valence-corrected chi connectivity index (χ0v) is 11.6. The van der Waals surface area contributed by atoms with E-state index in [0.29, 0.717) is 0 Å². The molecule has 1 heterocycles. The lowest BCUT2D eigenvalue weighted by atomic mass is 10.0. The molecule has 0 aliphatic rings. The van der Waals surface area contributed by atoms with Crippen LogP contribution in [0.25, 0.3) is 11.1 Å². The van der Waals surface area contributed by atoms with Gasteiger partial charge in [0.25, 0.3) is 0 Å². The minimum Gasteiger partial charge on any atom is -0.313 e. The quantitative estimate of drug-likeness (QED) is 0.790. The number of halogens is 1. The number of benzene rings is 1. The molecule has 1 nitrogen and oxygen atoms in total. The fourth-order valence-corrected chi connectivity index (χ4v) is 2.95. The van der Waals surface area contributed by atoms with Gasteiger partial charge in [0.2, 0.25) is 0 Å². The highest BCUT2D eigenvalue weighted by atomic mass is 32.1. The van der Waals surface area contributed by atoms with Gasteiger partial charge in [0, 0.05) is 11.4 Å². The molecule has 0 aliphatic carbocycles. The molecule has 18 heavy (non-hydrogen) atoms. The first-order valence-corrected chi connectivity index (χ1v) is 7.14. The number of hydrogen-bond acceptors (Lipinski definition) is 2. The second-order valence-electron chi connectivity index (χ2n) is 4.38. The number of thiophene rings is 1. The van der Waals surface area contributed by atoms with Gasteiger partial charge in [-0.3, -0.25) is 0 Å². The Balaban J connectivity index is 2.29. The molecule has 2 rings (SSSR count). The van der Waals surface area contributed by atoms with Crippen molar-refractivity contribution in [3.05, 3.63) is 45.9 Å². The SMILES string of the molecule is CCCNCc1csc(C)c1-c1cccc(F)c1. The molecule has 0 amide bonds. The van der Waals surface area contributed by atoms with E-state index in [2.05, 4.69) is 24.5 Å². The van der Waals surface area contributed by atoms with Gasteiger partial charge in [0.05, 0.1) is 0 Å². The predicted molar refractivity (Wildman–Crippen MR) is 76.4 cm³/mol. The summed E-state index contributed by atoms with van der Waals surface area (Å²) >= 11 is 1.73. The van der Waals surface area contributed by atoms with Crippen molar-refractivity contribution in [1.29, 1.82) is 0 Å². The molecule has 0 fully saturated rings. The highest BCUT2D eigenvalue weighted by molar-refractivity contribution is 7.10. The Morgan fingerprint density at radius 1 is 1.33 bits per heavy atom. The van der Waals surface area contributed by atoms with E-state index in [1.807, 2.05) is 6.07 Å². The largest absolute Gasteiger partial charge is 0.313 e. The van der Waals surface area contributed by atoms with Crippen LogP contribution < -0.4 is 5.32 Å². The van der Waals surface area contributed by atoms with Crippen molar-refractivity contribution in [2.75, 3.05) is 6.54 Å². The van der Waals surface area contributed by atoms with Crippen molar-refractivity contribution in [2.45, 2.75) is 26.8 Å². The van der Waals surface area contributed by atoms with Crippen LogP contribution in [0.2, 0.25) is 0 Å². The number of aryl methyl sites for hydroxylation is 1. The summed E-state index contributed by atoms with van der Waals surface area (Å²) in [4.78, 5) is 1.24. The lowest BCUT2D eigenvalue weighted by Crippen LogP contribution is -2.13. The van der Waals surface area contributed by atoms with E-state index < -0.39 is 0 Å². The maximum absolute atomic E-state index is 13.3. The first-order chi connectivity index (χ1) is 8.72. The van der Waals surface area contributed by atoms with Crippen molar-refractivity contribution in [2.24, 2.45) is 0 Å². The molecular formula is C15H18FNS. The van der Waals surface area contributed by atoms with Crippen molar-refractivity contribution < 1.29 is 4.39 Å². The van der Waals surface area contributed by atoms with Crippen molar-refractivity contribution >= 4 is 11.3 Å². The first-order valence-electron chi connectivity index (χ1n) is 6.26. The lowest BCUT2D eigenvalue weighted by molar-refractivity contribution is 0.628. The van der Waals surface area contributed by atoms with Crippen LogP contribution in [-0.2, 0) is 6.54 Å². The third-order valence-electron chi connectivity index (χ3n) is 2.91. The van der Waals surface area contributed by atoms with Crippen molar-refractivity contribution in [3.63, 3.8) is 0 Å². The van der Waals surface area contributed by atoms with Gasteiger partial charge in [0.15, 0.2) is 0 Å². The average Bonchev–Trinajstić information content (AvgIpc) is 2.71. The van der Waals surface area contributed by atoms with E-state index in [0.717, 1.165) is 25.1 Å². The lowest BCUT2D eigenvalue weighted by Gasteiger charge is -2.07. The van der Waals surface area contributed by atoms with E-state index >= 15 is 0 Å². The second-order valence-corrected chi connectivity index (χ2v) is 5.46. The van der Waals surface area contributed by atoms with Gasteiger partial charge in [-0.05, 0) is 54.1 Å². The topological polar surface area (TPSA) is 12.0 Å². The molecule has 1 aromatic carbocycles. The van der Waals surface area contributed by atoms with Crippen LogP contribution in [0, 0.1) is 12.7 Å². The summed E-state index contributed by atoms with van der Waals surface area (Å²) in [6, 6.07) is 6.84. The maximum Gasteiger partial charge on any atom is 0.123 e. The van der Waals surface area contributed by atoms with E-state index in [4.69, 9.17) is 0 Å². The molecule has 1 aromatic heterocycles. The summed E-state index contributed by atoms with van der Waals surface area (Å²) in [5, 5.41) is 5.57. The zero-order valence-electron chi connectivity index (χ0n) is 10.8. The molecule has 0 atom stereocenters. The third-order valence-corrected chi connectivity index (χ3v) is 3.87. The molecule has 0 saturated carbocycles. The van der Waals surface area contributed by atoms with Crippen LogP contribution in [0.5, 0.6) is 0 Å². The monoisotopic (exact) mass is 263 g/mol. The summed E-state index contributed by atoms with van der Waals surface area (Å²) < 4.78 is 13.3. The van der Waals surface area contributed by atoms with Crippen LogP contribution in [0.15, 0.2) is 29.6 Å². The molecule has 96 valence electrons. The third kappa shape index (κ3) is 2.98. The minimum atomic E-state index is -0.175. The standard InChI is InChI=1S/C15H18FNS/c1-3-7-17-9-13-10-18-11(2)15(13)12-5-4-6-14(16)8-12/h4-6,8,10,17H,3,7,9H2,1-2H3. The Morgan fingerprint density at radius 2 is 2.17 bits per heavy atom. The second kappa shape index (κ2) is 6.12. The molecule has 2 aromatic rings. The molecule has 1 N–H and O–H groups in total. The Kier molecular flexibility index (Phi) is 4.50. The highest BCUT2D eigenvalue weighted by Gasteiger charge is 2.11. The van der Waals surface area contributed by atoms with Crippen LogP contribution in [0.3, 0.4) is 0 Å². The molecular weight excluding hydrogens is 245 g/mol. The Morgan fingerprint density at radius 3 is 2.89 bits per heavy atom. The van der Waals surface area contributed by atoms with Crippen molar-refractivity contribution in [3.8, 4) is 11.1 Å². The summed E-state index contributed by atoms with van der Waals surface area (Å²) in [6.07, 6.45) is 1.12. The molecule has 0 saturated heterocycles. The molecule has 0 unspecified atom stereocenters. The Hall–Kier alpha value is -1.19. The van der Waals surface area contributed by atoms with Crippen LogP contribution >= 0.6 is 11.3 Å². The van der Waals surface area contributed by atoms with Gasteiger partial charge < -0.3 is 5.32 Å². The zero-order chi connectivity index (χ0) is 13.0. The maximum atomic E-state index is 13.3. The van der Waals surface area contributed by atoms with E-state index in [-0.39, 0.29) is 5.82 Å². The van der Waals surface area contributed by atoms with Gasteiger partial charge in [-0.1, -0.05) is 19.1 Å². The summed E-state index contributed by atoms with van der Waals surface area (Å²) in [5.41, 5.74) is 3.42. The molecule has 3 heteroatoms. The summed E-state index contributed by atoms with van der Waals surface area (Å²) in [6.45, 7) is 6.11. The number of nitrogens with one attached hydrogen (secondary N) is 1. The molecule has 0 bridgehead atoms. The van der Waals surface area contributed by atoms with Gasteiger partial charge in [-0.25, -0.2) is 4.39 Å². The highest BCUT2D eigenvalue weighted by Crippen LogP contribution is 2.32. The normalized spacial score (nSPS) is 10.8. The van der Waals surface area contributed by atoms with Crippen molar-refractivity contribution in [1.82, 2.24) is 5.32 Å².